The van der Waals surface area contributed by atoms with Gasteiger partial charge in [0.1, 0.15) is 0 Å². The highest BCUT2D eigenvalue weighted by atomic mass is 16.2. The van der Waals surface area contributed by atoms with E-state index < -0.39 is 0 Å². The molecule has 5 unspecified atom stereocenters. The zero-order valence-corrected chi connectivity index (χ0v) is 12.6. The number of fused-ring (bicyclic) bond motifs is 2. The van der Waals surface area contributed by atoms with Gasteiger partial charge >= 0.3 is 0 Å². The number of hydrogen-bond acceptors (Lipinski definition) is 3. The molecule has 4 rings (SSSR count). The van der Waals surface area contributed by atoms with E-state index in [1.54, 1.807) is 0 Å². The number of carbonyl (C=O) groups excluding carboxylic acids is 1. The fraction of sp³-hybridized carbons (Fsp3) is 0.750. The SMILES string of the molecule is Cn1cc(C2CCN(C(=O)C3C4CCC(C4)C3N)C2)cn1. The van der Waals surface area contributed by atoms with Crippen molar-refractivity contribution in [3.05, 3.63) is 18.0 Å². The Labute approximate surface area is 125 Å². The molecule has 2 aliphatic carbocycles. The number of nitrogens with zero attached hydrogens (tertiary/aromatic N) is 3. The molecule has 2 saturated carbocycles. The highest BCUT2D eigenvalue weighted by Gasteiger charge is 2.50. The van der Waals surface area contributed by atoms with Crippen LogP contribution < -0.4 is 5.73 Å². The molecule has 0 aromatic carbocycles. The van der Waals surface area contributed by atoms with Gasteiger partial charge in [0, 0.05) is 38.3 Å². The first kappa shape index (κ1) is 13.3. The van der Waals surface area contributed by atoms with Crippen molar-refractivity contribution in [2.75, 3.05) is 13.1 Å². The van der Waals surface area contributed by atoms with Crippen molar-refractivity contribution < 1.29 is 4.79 Å². The normalized spacial score (nSPS) is 38.4. The van der Waals surface area contributed by atoms with Gasteiger partial charge in [0.15, 0.2) is 0 Å². The Morgan fingerprint density at radius 2 is 2.14 bits per heavy atom. The lowest BCUT2D eigenvalue weighted by Gasteiger charge is -2.30. The van der Waals surface area contributed by atoms with Crippen LogP contribution >= 0.6 is 0 Å². The van der Waals surface area contributed by atoms with Crippen molar-refractivity contribution in [3.8, 4) is 0 Å². The zero-order valence-electron chi connectivity index (χ0n) is 12.6. The maximum absolute atomic E-state index is 12.9. The largest absolute Gasteiger partial charge is 0.342 e. The third-order valence-corrected chi connectivity index (χ3v) is 5.96. The average Bonchev–Trinajstić information content (AvgIpc) is 3.21. The topological polar surface area (TPSA) is 64.2 Å². The first-order valence-corrected chi connectivity index (χ1v) is 8.16. The van der Waals surface area contributed by atoms with Crippen molar-refractivity contribution >= 4 is 5.91 Å². The van der Waals surface area contributed by atoms with Crippen molar-refractivity contribution in [1.82, 2.24) is 14.7 Å². The first-order valence-electron chi connectivity index (χ1n) is 8.16. The Hall–Kier alpha value is -1.36. The second-order valence-electron chi connectivity index (χ2n) is 7.15. The Balaban J connectivity index is 1.45. The van der Waals surface area contributed by atoms with Crippen LogP contribution in [0.1, 0.15) is 37.2 Å². The second kappa shape index (κ2) is 4.83. The summed E-state index contributed by atoms with van der Waals surface area (Å²) in [7, 11) is 1.94. The first-order chi connectivity index (χ1) is 10.1. The molecule has 3 aliphatic rings. The summed E-state index contributed by atoms with van der Waals surface area (Å²) in [6.45, 7) is 1.71. The molecule has 1 aliphatic heterocycles. The molecule has 0 spiro atoms. The summed E-state index contributed by atoms with van der Waals surface area (Å²) in [5.41, 5.74) is 7.58. The van der Waals surface area contributed by atoms with E-state index in [9.17, 15) is 4.79 Å². The molecule has 2 heterocycles. The molecule has 2 N–H and O–H groups in total. The van der Waals surface area contributed by atoms with E-state index in [4.69, 9.17) is 5.73 Å². The van der Waals surface area contributed by atoms with Gasteiger partial charge in [-0.15, -0.1) is 0 Å². The fourth-order valence-electron chi connectivity index (χ4n) is 4.80. The van der Waals surface area contributed by atoms with Gasteiger partial charge in [-0.25, -0.2) is 0 Å². The van der Waals surface area contributed by atoms with Gasteiger partial charge in [-0.1, -0.05) is 0 Å². The molecule has 21 heavy (non-hydrogen) atoms. The van der Waals surface area contributed by atoms with Gasteiger partial charge in [0.05, 0.1) is 12.1 Å². The van der Waals surface area contributed by atoms with Crippen LogP contribution in [0.15, 0.2) is 12.4 Å². The van der Waals surface area contributed by atoms with Crippen LogP contribution in [0, 0.1) is 17.8 Å². The molecule has 2 bridgehead atoms. The molecule has 0 radical (unpaired) electrons. The van der Waals surface area contributed by atoms with Crippen LogP contribution in [0.4, 0.5) is 0 Å². The van der Waals surface area contributed by atoms with E-state index in [2.05, 4.69) is 16.2 Å². The number of amides is 1. The van der Waals surface area contributed by atoms with E-state index in [1.165, 1.54) is 24.8 Å². The van der Waals surface area contributed by atoms with E-state index in [-0.39, 0.29) is 12.0 Å². The number of likely N-dealkylation sites (tertiary alicyclic amines) is 1. The summed E-state index contributed by atoms with van der Waals surface area (Å²) in [4.78, 5) is 14.9. The molecule has 5 nitrogen and oxygen atoms in total. The van der Waals surface area contributed by atoms with Gasteiger partial charge in [-0.3, -0.25) is 9.48 Å². The third-order valence-electron chi connectivity index (χ3n) is 5.96. The second-order valence-corrected chi connectivity index (χ2v) is 7.15. The zero-order chi connectivity index (χ0) is 14.6. The Morgan fingerprint density at radius 3 is 2.81 bits per heavy atom. The summed E-state index contributed by atoms with van der Waals surface area (Å²) < 4.78 is 1.84. The van der Waals surface area contributed by atoms with Crippen molar-refractivity contribution in [1.29, 1.82) is 0 Å². The van der Waals surface area contributed by atoms with Crippen LogP contribution in [0.25, 0.3) is 0 Å². The maximum Gasteiger partial charge on any atom is 0.227 e. The number of rotatable bonds is 2. The minimum absolute atomic E-state index is 0.0939. The molecule has 114 valence electrons. The Kier molecular flexibility index (Phi) is 3.06. The number of aromatic nitrogens is 2. The van der Waals surface area contributed by atoms with Crippen LogP contribution in [-0.2, 0) is 11.8 Å². The summed E-state index contributed by atoms with van der Waals surface area (Å²) in [6, 6.07) is 0.105. The van der Waals surface area contributed by atoms with Gasteiger partial charge in [-0.2, -0.15) is 5.10 Å². The average molecular weight is 288 g/mol. The molecule has 5 heteroatoms. The van der Waals surface area contributed by atoms with E-state index in [0.717, 1.165) is 19.5 Å². The van der Waals surface area contributed by atoms with E-state index in [0.29, 0.717) is 23.7 Å². The lowest BCUT2D eigenvalue weighted by atomic mass is 9.84. The summed E-state index contributed by atoms with van der Waals surface area (Å²) in [5, 5.41) is 4.24. The van der Waals surface area contributed by atoms with Crippen molar-refractivity contribution in [3.63, 3.8) is 0 Å². The third kappa shape index (κ3) is 2.09. The molecule has 1 aromatic rings. The molecule has 1 amide bonds. The summed E-state index contributed by atoms with van der Waals surface area (Å²) in [6.07, 6.45) is 8.66. The van der Waals surface area contributed by atoms with E-state index >= 15 is 0 Å². The molecule has 1 aromatic heterocycles. The molecule has 5 atom stereocenters. The van der Waals surface area contributed by atoms with E-state index in [1.807, 2.05) is 17.9 Å². The predicted octanol–water partition coefficient (Wildman–Crippen LogP) is 1.11. The number of nitrogens with two attached hydrogens (primary N) is 1. The predicted molar refractivity (Wildman–Crippen MR) is 79.4 cm³/mol. The van der Waals surface area contributed by atoms with Crippen molar-refractivity contribution in [2.45, 2.75) is 37.6 Å². The number of hydrogen-bond donors (Lipinski definition) is 1. The van der Waals surface area contributed by atoms with Gasteiger partial charge in [0.25, 0.3) is 0 Å². The summed E-state index contributed by atoms with van der Waals surface area (Å²) >= 11 is 0. The lowest BCUT2D eigenvalue weighted by Crippen LogP contribution is -2.46. The minimum atomic E-state index is 0.0939. The molecular weight excluding hydrogens is 264 g/mol. The molecule has 3 fully saturated rings. The van der Waals surface area contributed by atoms with Crippen LogP contribution in [0.2, 0.25) is 0 Å². The van der Waals surface area contributed by atoms with Crippen molar-refractivity contribution in [2.24, 2.45) is 30.5 Å². The molecular formula is C16H24N4O. The van der Waals surface area contributed by atoms with Gasteiger partial charge in [-0.05, 0) is 43.1 Å². The lowest BCUT2D eigenvalue weighted by molar-refractivity contribution is -0.136. The monoisotopic (exact) mass is 288 g/mol. The van der Waals surface area contributed by atoms with Crippen LogP contribution in [0.3, 0.4) is 0 Å². The fourth-order valence-corrected chi connectivity index (χ4v) is 4.80. The smallest absolute Gasteiger partial charge is 0.227 e. The maximum atomic E-state index is 12.9. The van der Waals surface area contributed by atoms with Crippen LogP contribution in [-0.4, -0.2) is 39.7 Å². The Morgan fingerprint density at radius 1 is 1.33 bits per heavy atom. The van der Waals surface area contributed by atoms with Gasteiger partial charge < -0.3 is 10.6 Å². The quantitative estimate of drug-likeness (QED) is 0.886. The molecule has 1 saturated heterocycles. The summed E-state index contributed by atoms with van der Waals surface area (Å²) in [5.74, 6) is 2.01. The highest BCUT2D eigenvalue weighted by molar-refractivity contribution is 5.81. The number of carbonyl (C=O) groups is 1. The number of aryl methyl sites for hydroxylation is 1. The Bertz CT molecular complexity index is 552. The standard InChI is InChI=1S/C16H24N4O/c1-19-8-13(7-18-19)12-4-5-20(9-12)16(21)14-10-2-3-11(6-10)15(14)17/h7-8,10-12,14-15H,2-6,9,17H2,1H3. The van der Waals surface area contributed by atoms with Gasteiger partial charge in [0.2, 0.25) is 5.91 Å². The van der Waals surface area contributed by atoms with Crippen LogP contribution in [0.5, 0.6) is 0 Å². The minimum Gasteiger partial charge on any atom is -0.342 e. The highest BCUT2D eigenvalue weighted by Crippen LogP contribution is 2.48.